The summed E-state index contributed by atoms with van der Waals surface area (Å²) in [6, 6.07) is 17.4. The summed E-state index contributed by atoms with van der Waals surface area (Å²) in [5.74, 6) is 0.873. The van der Waals surface area contributed by atoms with E-state index in [2.05, 4.69) is 32.0 Å². The maximum Gasteiger partial charge on any atom is 0.437 e. The predicted octanol–water partition coefficient (Wildman–Crippen LogP) is 4.62. The zero-order chi connectivity index (χ0) is 31.4. The lowest BCUT2D eigenvalue weighted by atomic mass is 9.94. The maximum absolute atomic E-state index is 13.5. The number of carbonyl (C=O) groups excluding carboxylic acids is 4. The lowest BCUT2D eigenvalue weighted by molar-refractivity contribution is 0.0915. The fourth-order valence-corrected chi connectivity index (χ4v) is 5.40. The number of fused-ring (bicyclic) bond motifs is 1. The number of nitrogens with one attached hydrogen (secondary N) is 3. The molecule has 0 saturated carbocycles. The van der Waals surface area contributed by atoms with E-state index in [9.17, 15) is 19.2 Å². The van der Waals surface area contributed by atoms with Gasteiger partial charge in [-0.25, -0.2) is 9.78 Å². The molecule has 0 aliphatic heterocycles. The molecule has 5 rings (SSSR count). The fourth-order valence-electron chi connectivity index (χ4n) is 4.40. The Morgan fingerprint density at radius 3 is 2.43 bits per heavy atom. The number of terminal acetylenes is 1. The molecule has 0 spiro atoms. The molecule has 0 aliphatic rings. The standard InChI is InChI=1S/C31H27N7O5S/c1-5-17-43-30(42)38-29-21(18-23(44-29)27(40)35-31(2,3)19-11-7-6-8-12-19)24(36-38)34-26(39)20-13-9-10-14-22(20)33-28(41)25-32-15-16-37(25)4/h1,6-16,18H,17H2,2-4H3,(H,33,41)(H,35,40)(H,34,36,39). The highest BCUT2D eigenvalue weighted by Gasteiger charge is 2.28. The summed E-state index contributed by atoms with van der Waals surface area (Å²) < 4.78 is 7.56. The predicted molar refractivity (Wildman–Crippen MR) is 166 cm³/mol. The quantitative estimate of drug-likeness (QED) is 0.217. The molecule has 12 nitrogen and oxygen atoms in total. The van der Waals surface area contributed by atoms with Crippen molar-refractivity contribution in [3.8, 4) is 12.3 Å². The summed E-state index contributed by atoms with van der Waals surface area (Å²) in [5, 5.41) is 13.0. The molecule has 0 fully saturated rings. The smallest absolute Gasteiger partial charge is 0.435 e. The molecule has 3 N–H and O–H groups in total. The van der Waals surface area contributed by atoms with Crippen LogP contribution < -0.4 is 16.0 Å². The first-order chi connectivity index (χ1) is 21.1. The Kier molecular flexibility index (Phi) is 8.27. The molecule has 0 aliphatic carbocycles. The van der Waals surface area contributed by atoms with E-state index in [0.717, 1.165) is 21.6 Å². The van der Waals surface area contributed by atoms with Crippen LogP contribution in [0.3, 0.4) is 0 Å². The zero-order valence-electron chi connectivity index (χ0n) is 24.0. The number of ether oxygens (including phenoxy) is 1. The van der Waals surface area contributed by atoms with Crippen LogP contribution in [0.5, 0.6) is 0 Å². The number of hydrogen-bond donors (Lipinski definition) is 3. The third-order valence-electron chi connectivity index (χ3n) is 6.63. The molecule has 0 atom stereocenters. The number of amides is 3. The molecule has 0 unspecified atom stereocenters. The molecule has 13 heteroatoms. The van der Waals surface area contributed by atoms with E-state index in [1.807, 2.05) is 44.2 Å². The van der Waals surface area contributed by atoms with Crippen molar-refractivity contribution in [1.29, 1.82) is 0 Å². The minimum Gasteiger partial charge on any atom is -0.435 e. The second-order valence-electron chi connectivity index (χ2n) is 10.1. The van der Waals surface area contributed by atoms with Gasteiger partial charge in [-0.2, -0.15) is 4.68 Å². The van der Waals surface area contributed by atoms with E-state index in [0.29, 0.717) is 5.39 Å². The number of aryl methyl sites for hydroxylation is 1. The molecule has 2 aromatic carbocycles. The van der Waals surface area contributed by atoms with Gasteiger partial charge < -0.3 is 25.3 Å². The van der Waals surface area contributed by atoms with Crippen LogP contribution in [0.4, 0.5) is 16.3 Å². The number of rotatable bonds is 8. The first-order valence-corrected chi connectivity index (χ1v) is 14.1. The van der Waals surface area contributed by atoms with Crippen LogP contribution >= 0.6 is 11.3 Å². The van der Waals surface area contributed by atoms with Crippen molar-refractivity contribution in [2.24, 2.45) is 7.05 Å². The lowest BCUT2D eigenvalue weighted by Gasteiger charge is -2.26. The summed E-state index contributed by atoms with van der Waals surface area (Å²) in [4.78, 5) is 57.0. The van der Waals surface area contributed by atoms with Crippen molar-refractivity contribution in [2.75, 3.05) is 17.2 Å². The van der Waals surface area contributed by atoms with Gasteiger partial charge in [0.2, 0.25) is 0 Å². The number of imidazole rings is 1. The Labute approximate surface area is 256 Å². The van der Waals surface area contributed by atoms with Gasteiger partial charge in [0.1, 0.15) is 4.83 Å². The summed E-state index contributed by atoms with van der Waals surface area (Å²) >= 11 is 1.00. The summed E-state index contributed by atoms with van der Waals surface area (Å²) in [5.41, 5.74) is 0.563. The van der Waals surface area contributed by atoms with Gasteiger partial charge in [0.25, 0.3) is 17.7 Å². The van der Waals surface area contributed by atoms with Gasteiger partial charge in [0.05, 0.1) is 27.1 Å². The van der Waals surface area contributed by atoms with E-state index in [1.165, 1.54) is 12.3 Å². The molecule has 0 radical (unpaired) electrons. The largest absolute Gasteiger partial charge is 0.437 e. The van der Waals surface area contributed by atoms with E-state index < -0.39 is 23.4 Å². The summed E-state index contributed by atoms with van der Waals surface area (Å²) in [6.45, 7) is 3.46. The normalized spacial score (nSPS) is 11.0. The van der Waals surface area contributed by atoms with Crippen molar-refractivity contribution in [1.82, 2.24) is 24.6 Å². The third kappa shape index (κ3) is 6.06. The minimum atomic E-state index is -0.880. The summed E-state index contributed by atoms with van der Waals surface area (Å²) in [6.07, 6.45) is 7.48. The highest BCUT2D eigenvalue weighted by molar-refractivity contribution is 7.20. The maximum atomic E-state index is 13.5. The van der Waals surface area contributed by atoms with Crippen LogP contribution in [0.1, 0.15) is 50.1 Å². The number of nitrogens with zero attached hydrogens (tertiary/aromatic N) is 4. The molecule has 3 amide bonds. The number of carbonyl (C=O) groups is 4. The number of thiophene rings is 1. The van der Waals surface area contributed by atoms with Crippen molar-refractivity contribution in [2.45, 2.75) is 19.4 Å². The van der Waals surface area contributed by atoms with Gasteiger partial charge >= 0.3 is 6.09 Å². The number of para-hydroxylation sites is 1. The Morgan fingerprint density at radius 1 is 1.00 bits per heavy atom. The van der Waals surface area contributed by atoms with Crippen LogP contribution in [0, 0.1) is 12.3 Å². The van der Waals surface area contributed by atoms with Crippen LogP contribution in [0.25, 0.3) is 10.2 Å². The number of anilines is 2. The topological polar surface area (TPSA) is 149 Å². The average Bonchev–Trinajstić information content (AvgIpc) is 3.72. The Bertz CT molecular complexity index is 1930. The molecule has 222 valence electrons. The van der Waals surface area contributed by atoms with Gasteiger partial charge in [0.15, 0.2) is 18.2 Å². The molecule has 0 bridgehead atoms. The zero-order valence-corrected chi connectivity index (χ0v) is 24.8. The van der Waals surface area contributed by atoms with Gasteiger partial charge in [-0.3, -0.25) is 14.4 Å². The van der Waals surface area contributed by atoms with Crippen LogP contribution in [-0.2, 0) is 17.3 Å². The minimum absolute atomic E-state index is 0.00510. The molecule has 44 heavy (non-hydrogen) atoms. The van der Waals surface area contributed by atoms with Crippen molar-refractivity contribution >= 4 is 56.9 Å². The number of benzene rings is 2. The van der Waals surface area contributed by atoms with Gasteiger partial charge in [0, 0.05) is 19.4 Å². The van der Waals surface area contributed by atoms with Crippen LogP contribution in [0.15, 0.2) is 73.1 Å². The van der Waals surface area contributed by atoms with E-state index in [4.69, 9.17) is 11.2 Å². The second-order valence-corrected chi connectivity index (χ2v) is 11.1. The summed E-state index contributed by atoms with van der Waals surface area (Å²) in [7, 11) is 1.68. The van der Waals surface area contributed by atoms with Crippen molar-refractivity contribution in [3.63, 3.8) is 0 Å². The van der Waals surface area contributed by atoms with Gasteiger partial charge in [-0.05, 0) is 37.6 Å². The SMILES string of the molecule is C#CCOC(=O)n1nc(NC(=O)c2ccccc2NC(=O)c2nccn2C)c2cc(C(=O)NC(C)(C)c3ccccc3)sc21. The molecular weight excluding hydrogens is 582 g/mol. The van der Waals surface area contributed by atoms with E-state index in [1.54, 1.807) is 42.1 Å². The molecule has 5 aromatic rings. The van der Waals surface area contributed by atoms with Crippen molar-refractivity contribution < 1.29 is 23.9 Å². The third-order valence-corrected chi connectivity index (χ3v) is 7.74. The first-order valence-electron chi connectivity index (χ1n) is 13.3. The highest BCUT2D eigenvalue weighted by atomic mass is 32.1. The number of hydrogen-bond acceptors (Lipinski definition) is 8. The average molecular weight is 610 g/mol. The highest BCUT2D eigenvalue weighted by Crippen LogP contribution is 2.33. The second kappa shape index (κ2) is 12.2. The van der Waals surface area contributed by atoms with E-state index >= 15 is 0 Å². The van der Waals surface area contributed by atoms with Crippen LogP contribution in [-0.4, -0.2) is 49.8 Å². The molecule has 3 aromatic heterocycles. The first kappa shape index (κ1) is 29.7. The van der Waals surface area contributed by atoms with E-state index in [-0.39, 0.29) is 45.1 Å². The Morgan fingerprint density at radius 2 is 1.73 bits per heavy atom. The Hall–Kier alpha value is -5.74. The van der Waals surface area contributed by atoms with Crippen molar-refractivity contribution in [3.05, 3.63) is 94.9 Å². The van der Waals surface area contributed by atoms with Gasteiger partial charge in [-0.1, -0.05) is 48.4 Å². The molecule has 3 heterocycles. The molecular formula is C31H27N7O5S. The lowest BCUT2D eigenvalue weighted by Crippen LogP contribution is -2.40. The van der Waals surface area contributed by atoms with Gasteiger partial charge in [-0.15, -0.1) is 22.9 Å². The monoisotopic (exact) mass is 609 g/mol. The Balaban J connectivity index is 1.46. The fraction of sp³-hybridized carbons (Fsp3) is 0.161. The molecule has 0 saturated heterocycles. The van der Waals surface area contributed by atoms with Crippen LogP contribution in [0.2, 0.25) is 0 Å². The number of aromatic nitrogens is 4.